The summed E-state index contributed by atoms with van der Waals surface area (Å²) in [5, 5.41) is 13.4. The average molecular weight is 300 g/mol. The van der Waals surface area contributed by atoms with Gasteiger partial charge in [0.1, 0.15) is 0 Å². The van der Waals surface area contributed by atoms with Crippen LogP contribution >= 0.6 is 15.9 Å². The molecule has 2 N–H and O–H groups in total. The van der Waals surface area contributed by atoms with E-state index in [0.717, 1.165) is 11.0 Å². The van der Waals surface area contributed by atoms with Gasteiger partial charge in [-0.3, -0.25) is 0 Å². The van der Waals surface area contributed by atoms with Crippen LogP contribution in [0.25, 0.3) is 0 Å². The van der Waals surface area contributed by atoms with Gasteiger partial charge in [-0.05, 0) is 51.8 Å². The number of hydrogen-bond donors (Lipinski definition) is 2. The van der Waals surface area contributed by atoms with E-state index < -0.39 is 5.60 Å². The van der Waals surface area contributed by atoms with E-state index in [1.165, 1.54) is 11.1 Å². The summed E-state index contributed by atoms with van der Waals surface area (Å²) in [4.78, 5) is 0. The van der Waals surface area contributed by atoms with E-state index in [-0.39, 0.29) is 5.54 Å². The standard InChI is InChI=1S/C14H22BrNO/c1-10-8-11(6-7-12(10)15)9-16-13(2,3)14(4,5)17/h6-8,16-17H,9H2,1-5H3. The molecule has 0 aliphatic rings. The van der Waals surface area contributed by atoms with Gasteiger partial charge in [0.25, 0.3) is 0 Å². The summed E-state index contributed by atoms with van der Waals surface area (Å²) in [7, 11) is 0. The molecule has 0 aliphatic heterocycles. The molecule has 0 unspecified atom stereocenters. The summed E-state index contributed by atoms with van der Waals surface area (Å²) in [5.74, 6) is 0. The molecule has 0 saturated heterocycles. The van der Waals surface area contributed by atoms with Gasteiger partial charge in [0.2, 0.25) is 0 Å². The predicted octanol–water partition coefficient (Wildman–Crippen LogP) is 3.40. The second-order valence-electron chi connectivity index (χ2n) is 5.62. The highest BCUT2D eigenvalue weighted by Crippen LogP contribution is 2.22. The van der Waals surface area contributed by atoms with Crippen LogP contribution in [0.2, 0.25) is 0 Å². The lowest BCUT2D eigenvalue weighted by Crippen LogP contribution is -2.55. The van der Waals surface area contributed by atoms with Gasteiger partial charge in [-0.25, -0.2) is 0 Å². The Kier molecular flexibility index (Phi) is 4.39. The molecule has 3 heteroatoms. The van der Waals surface area contributed by atoms with Gasteiger partial charge >= 0.3 is 0 Å². The molecule has 2 nitrogen and oxygen atoms in total. The maximum atomic E-state index is 10.1. The fraction of sp³-hybridized carbons (Fsp3) is 0.571. The van der Waals surface area contributed by atoms with E-state index >= 15 is 0 Å². The number of aliphatic hydroxyl groups is 1. The van der Waals surface area contributed by atoms with Crippen molar-refractivity contribution >= 4 is 15.9 Å². The summed E-state index contributed by atoms with van der Waals surface area (Å²) in [6.45, 7) is 10.5. The van der Waals surface area contributed by atoms with Crippen molar-refractivity contribution in [2.75, 3.05) is 0 Å². The Morgan fingerprint density at radius 2 is 1.82 bits per heavy atom. The lowest BCUT2D eigenvalue weighted by atomic mass is 9.86. The molecule has 0 heterocycles. The third-order valence-corrected chi connectivity index (χ3v) is 4.38. The second-order valence-corrected chi connectivity index (χ2v) is 6.48. The Hall–Kier alpha value is -0.380. The van der Waals surface area contributed by atoms with Crippen LogP contribution in [-0.4, -0.2) is 16.2 Å². The number of hydrogen-bond acceptors (Lipinski definition) is 2. The average Bonchev–Trinajstić information content (AvgIpc) is 2.18. The number of benzene rings is 1. The van der Waals surface area contributed by atoms with Crippen molar-refractivity contribution in [2.45, 2.75) is 52.3 Å². The van der Waals surface area contributed by atoms with Gasteiger partial charge in [0.05, 0.1) is 5.60 Å². The van der Waals surface area contributed by atoms with Crippen LogP contribution in [0.5, 0.6) is 0 Å². The molecule has 0 atom stereocenters. The molecule has 1 aromatic carbocycles. The van der Waals surface area contributed by atoms with E-state index in [1.54, 1.807) is 0 Å². The molecule has 0 aliphatic carbocycles. The third kappa shape index (κ3) is 3.80. The normalized spacial score (nSPS) is 12.9. The highest BCUT2D eigenvalue weighted by atomic mass is 79.9. The van der Waals surface area contributed by atoms with Crippen LogP contribution in [-0.2, 0) is 6.54 Å². The molecule has 1 aromatic rings. The van der Waals surface area contributed by atoms with Crippen LogP contribution in [0.15, 0.2) is 22.7 Å². The maximum Gasteiger partial charge on any atom is 0.0767 e. The first kappa shape index (κ1) is 14.7. The zero-order valence-corrected chi connectivity index (χ0v) is 12.9. The molecular weight excluding hydrogens is 278 g/mol. The van der Waals surface area contributed by atoms with E-state index in [4.69, 9.17) is 0 Å². The minimum Gasteiger partial charge on any atom is -0.389 e. The van der Waals surface area contributed by atoms with Gasteiger partial charge < -0.3 is 10.4 Å². The Bertz CT molecular complexity index is 394. The molecule has 0 fully saturated rings. The fourth-order valence-electron chi connectivity index (χ4n) is 1.36. The van der Waals surface area contributed by atoms with Crippen LogP contribution < -0.4 is 5.32 Å². The smallest absolute Gasteiger partial charge is 0.0767 e. The fourth-order valence-corrected chi connectivity index (χ4v) is 1.60. The molecule has 1 rings (SSSR count). The number of halogens is 1. The summed E-state index contributed by atoms with van der Waals surface area (Å²) in [5.41, 5.74) is 1.37. The van der Waals surface area contributed by atoms with Crippen LogP contribution in [0.1, 0.15) is 38.8 Å². The largest absolute Gasteiger partial charge is 0.389 e. The molecule has 96 valence electrons. The van der Waals surface area contributed by atoms with Crippen molar-refractivity contribution in [2.24, 2.45) is 0 Å². The summed E-state index contributed by atoms with van der Waals surface area (Å²) in [6, 6.07) is 6.30. The van der Waals surface area contributed by atoms with E-state index in [9.17, 15) is 5.11 Å². The summed E-state index contributed by atoms with van der Waals surface area (Å²) < 4.78 is 1.13. The molecular formula is C14H22BrNO. The predicted molar refractivity (Wildman–Crippen MR) is 76.1 cm³/mol. The van der Waals surface area contributed by atoms with Crippen molar-refractivity contribution in [1.82, 2.24) is 5.32 Å². The van der Waals surface area contributed by atoms with Crippen molar-refractivity contribution in [1.29, 1.82) is 0 Å². The molecule has 0 bridgehead atoms. The van der Waals surface area contributed by atoms with Crippen molar-refractivity contribution in [3.8, 4) is 0 Å². The van der Waals surface area contributed by atoms with Crippen LogP contribution in [0.4, 0.5) is 0 Å². The highest BCUT2D eigenvalue weighted by molar-refractivity contribution is 9.10. The third-order valence-electron chi connectivity index (χ3n) is 3.49. The highest BCUT2D eigenvalue weighted by Gasteiger charge is 2.34. The molecule has 0 radical (unpaired) electrons. The molecule has 0 saturated carbocycles. The van der Waals surface area contributed by atoms with Gasteiger partial charge in [0, 0.05) is 16.6 Å². The SMILES string of the molecule is Cc1cc(CNC(C)(C)C(C)(C)O)ccc1Br. The zero-order chi connectivity index (χ0) is 13.3. The first-order valence-electron chi connectivity index (χ1n) is 5.86. The zero-order valence-electron chi connectivity index (χ0n) is 11.3. The maximum absolute atomic E-state index is 10.1. The monoisotopic (exact) mass is 299 g/mol. The molecule has 17 heavy (non-hydrogen) atoms. The van der Waals surface area contributed by atoms with Gasteiger partial charge in [-0.2, -0.15) is 0 Å². The number of rotatable bonds is 4. The van der Waals surface area contributed by atoms with Crippen molar-refractivity contribution in [3.05, 3.63) is 33.8 Å². The first-order valence-corrected chi connectivity index (χ1v) is 6.65. The molecule has 0 spiro atoms. The molecule has 0 aromatic heterocycles. The number of aryl methyl sites for hydroxylation is 1. The Balaban J connectivity index is 2.71. The topological polar surface area (TPSA) is 32.3 Å². The quantitative estimate of drug-likeness (QED) is 0.893. The molecule has 0 amide bonds. The van der Waals surface area contributed by atoms with Crippen molar-refractivity contribution < 1.29 is 5.11 Å². The van der Waals surface area contributed by atoms with E-state index in [0.29, 0.717) is 0 Å². The Morgan fingerprint density at radius 1 is 1.24 bits per heavy atom. The van der Waals surface area contributed by atoms with Crippen LogP contribution in [0.3, 0.4) is 0 Å². The second kappa shape index (κ2) is 5.09. The lowest BCUT2D eigenvalue weighted by molar-refractivity contribution is -0.00531. The lowest BCUT2D eigenvalue weighted by Gasteiger charge is -2.38. The van der Waals surface area contributed by atoms with Crippen LogP contribution in [0, 0.1) is 6.92 Å². The minimum atomic E-state index is -0.753. The Labute approximate surface area is 113 Å². The summed E-state index contributed by atoms with van der Waals surface area (Å²) >= 11 is 3.49. The van der Waals surface area contributed by atoms with Gasteiger partial charge in [-0.15, -0.1) is 0 Å². The van der Waals surface area contributed by atoms with E-state index in [2.05, 4.69) is 46.4 Å². The number of nitrogens with one attached hydrogen (secondary N) is 1. The Morgan fingerprint density at radius 3 is 2.29 bits per heavy atom. The minimum absolute atomic E-state index is 0.325. The van der Waals surface area contributed by atoms with Gasteiger partial charge in [-0.1, -0.05) is 28.1 Å². The summed E-state index contributed by atoms with van der Waals surface area (Å²) in [6.07, 6.45) is 0. The van der Waals surface area contributed by atoms with Crippen molar-refractivity contribution in [3.63, 3.8) is 0 Å². The van der Waals surface area contributed by atoms with E-state index in [1.807, 2.05) is 27.7 Å². The van der Waals surface area contributed by atoms with Gasteiger partial charge in [0.15, 0.2) is 0 Å². The first-order chi connectivity index (χ1) is 7.63.